The van der Waals surface area contributed by atoms with E-state index in [1.54, 1.807) is 48.8 Å². The Morgan fingerprint density at radius 3 is 1.38 bits per heavy atom. The van der Waals surface area contributed by atoms with E-state index < -0.39 is 18.8 Å². The molecular formula is C36H35F2N2OP. The summed E-state index contributed by atoms with van der Waals surface area (Å²) in [5, 5.41) is 1.43. The van der Waals surface area contributed by atoms with Gasteiger partial charge in [0.1, 0.15) is 11.6 Å². The Labute approximate surface area is 247 Å². The van der Waals surface area contributed by atoms with E-state index in [9.17, 15) is 0 Å². The van der Waals surface area contributed by atoms with Crippen molar-refractivity contribution < 1.29 is 13.3 Å². The summed E-state index contributed by atoms with van der Waals surface area (Å²) in [6.45, 7) is 12.5. The molecular weight excluding hydrogens is 545 g/mol. The molecule has 2 heterocycles. The minimum atomic E-state index is -3.59. The highest BCUT2D eigenvalue weighted by Crippen LogP contribution is 2.44. The second-order valence-corrected chi connectivity index (χ2v) is 15.4. The normalized spacial score (nSPS) is 12.4. The number of halogens is 2. The second-order valence-electron chi connectivity index (χ2n) is 12.6. The molecule has 3 nitrogen and oxygen atoms in total. The molecule has 2 aromatic heterocycles. The first-order valence-corrected chi connectivity index (χ1v) is 15.7. The third-order valence-electron chi connectivity index (χ3n) is 7.55. The summed E-state index contributed by atoms with van der Waals surface area (Å²) in [5.74, 6) is -0.917. The van der Waals surface area contributed by atoms with Gasteiger partial charge >= 0.3 is 0 Å². The van der Waals surface area contributed by atoms with E-state index in [1.165, 1.54) is 12.1 Å². The molecule has 214 valence electrons. The first-order valence-electron chi connectivity index (χ1n) is 14.0. The van der Waals surface area contributed by atoms with Crippen molar-refractivity contribution >= 4 is 23.1 Å². The highest BCUT2D eigenvalue weighted by molar-refractivity contribution is 7.85. The molecule has 0 saturated heterocycles. The van der Waals surface area contributed by atoms with Crippen LogP contribution in [-0.2, 0) is 15.4 Å². The fraction of sp³-hybridized carbons (Fsp3) is 0.222. The number of pyridine rings is 2. The number of hydrogen-bond acceptors (Lipinski definition) is 3. The van der Waals surface area contributed by atoms with Gasteiger partial charge in [-0.2, -0.15) is 0 Å². The van der Waals surface area contributed by atoms with E-state index in [-0.39, 0.29) is 22.0 Å². The van der Waals surface area contributed by atoms with Crippen LogP contribution in [0.4, 0.5) is 8.78 Å². The van der Waals surface area contributed by atoms with Crippen molar-refractivity contribution in [1.29, 1.82) is 0 Å². The van der Waals surface area contributed by atoms with E-state index >= 15 is 13.3 Å². The zero-order chi connectivity index (χ0) is 30.3. The third-order valence-corrected chi connectivity index (χ3v) is 10.6. The molecule has 0 radical (unpaired) electrons. The third kappa shape index (κ3) is 5.71. The van der Waals surface area contributed by atoms with Gasteiger partial charge in [0.15, 0.2) is 7.14 Å². The maximum atomic E-state index is 15.4. The van der Waals surface area contributed by atoms with Crippen molar-refractivity contribution in [3.05, 3.63) is 126 Å². The summed E-state index contributed by atoms with van der Waals surface area (Å²) in [6, 6.07) is 25.7. The van der Waals surface area contributed by atoms with Crippen molar-refractivity contribution in [2.24, 2.45) is 0 Å². The second kappa shape index (κ2) is 11.0. The van der Waals surface area contributed by atoms with Crippen LogP contribution in [0.5, 0.6) is 0 Å². The van der Waals surface area contributed by atoms with Gasteiger partial charge in [0, 0.05) is 39.4 Å². The van der Waals surface area contributed by atoms with Crippen LogP contribution in [0.2, 0.25) is 0 Å². The molecule has 0 aliphatic heterocycles. The predicted molar refractivity (Wildman–Crippen MR) is 170 cm³/mol. The molecule has 6 heteroatoms. The average molecular weight is 581 g/mol. The molecule has 0 amide bonds. The minimum absolute atomic E-state index is 0.159. The maximum absolute atomic E-state index is 15.4. The minimum Gasteiger partial charge on any atom is -0.309 e. The summed E-state index contributed by atoms with van der Waals surface area (Å²) in [6.07, 6.45) is 3.34. The van der Waals surface area contributed by atoms with Gasteiger partial charge in [-0.25, -0.2) is 8.78 Å². The van der Waals surface area contributed by atoms with E-state index in [0.29, 0.717) is 27.3 Å². The topological polar surface area (TPSA) is 42.9 Å². The van der Waals surface area contributed by atoms with Gasteiger partial charge in [0.05, 0.1) is 11.4 Å². The molecule has 0 aliphatic rings. The molecule has 0 N–H and O–H groups in total. The fourth-order valence-corrected chi connectivity index (χ4v) is 7.66. The lowest BCUT2D eigenvalue weighted by molar-refractivity contribution is 0.589. The van der Waals surface area contributed by atoms with Gasteiger partial charge in [0.25, 0.3) is 0 Å². The fourth-order valence-electron chi connectivity index (χ4n) is 4.98. The van der Waals surface area contributed by atoms with Crippen LogP contribution >= 0.6 is 7.14 Å². The molecule has 0 fully saturated rings. The number of nitrogens with zero attached hydrogens (tertiary/aromatic N) is 2. The van der Waals surface area contributed by atoms with Crippen molar-refractivity contribution in [1.82, 2.24) is 9.97 Å². The number of benzene rings is 3. The molecule has 0 bridgehead atoms. The van der Waals surface area contributed by atoms with Gasteiger partial charge in [-0.15, -0.1) is 0 Å². The Hall–Kier alpha value is -3.95. The molecule has 42 heavy (non-hydrogen) atoms. The quantitative estimate of drug-likeness (QED) is 0.196. The summed E-state index contributed by atoms with van der Waals surface area (Å²) < 4.78 is 46.1. The Morgan fingerprint density at radius 2 is 0.976 bits per heavy atom. The first kappa shape index (κ1) is 29.5. The summed E-state index contributed by atoms with van der Waals surface area (Å²) in [5.41, 5.74) is 3.15. The van der Waals surface area contributed by atoms with E-state index in [0.717, 1.165) is 11.1 Å². The highest BCUT2D eigenvalue weighted by Gasteiger charge is 2.32. The molecule has 0 atom stereocenters. The largest absolute Gasteiger partial charge is 0.309 e. The number of rotatable bonds is 5. The average Bonchev–Trinajstić information content (AvgIpc) is 2.97. The van der Waals surface area contributed by atoms with Crippen LogP contribution in [0, 0.1) is 11.6 Å². The summed E-state index contributed by atoms with van der Waals surface area (Å²) in [4.78, 5) is 8.92. The van der Waals surface area contributed by atoms with E-state index in [1.807, 2.05) is 42.5 Å². The van der Waals surface area contributed by atoms with E-state index in [2.05, 4.69) is 51.5 Å². The zero-order valence-electron chi connectivity index (χ0n) is 24.8. The van der Waals surface area contributed by atoms with Gasteiger partial charge in [-0.3, -0.25) is 9.97 Å². The Morgan fingerprint density at radius 1 is 0.548 bits per heavy atom. The predicted octanol–water partition coefficient (Wildman–Crippen LogP) is 8.32. The molecule has 5 aromatic rings. The standard InChI is InChI=1S/C36H35F2N2OP/c1-35(2,3)24-16-18-39-33(20-24)29-22-27(12-14-31(29)37)42(41,26-10-8-7-9-11-26)28-13-15-32(38)30(23-28)34-21-25(17-19-40-34)36(4,5)6/h7-23H,1-6H3. The summed E-state index contributed by atoms with van der Waals surface area (Å²) >= 11 is 0. The molecule has 0 saturated carbocycles. The first-order chi connectivity index (χ1) is 19.8. The molecule has 0 unspecified atom stereocenters. The van der Waals surface area contributed by atoms with Gasteiger partial charge < -0.3 is 4.57 Å². The number of aromatic nitrogens is 2. The maximum Gasteiger partial charge on any atom is 0.171 e. The molecule has 0 aliphatic carbocycles. The Bertz CT molecular complexity index is 1690. The van der Waals surface area contributed by atoms with Crippen LogP contribution in [0.15, 0.2) is 103 Å². The van der Waals surface area contributed by atoms with Crippen LogP contribution in [0.25, 0.3) is 22.5 Å². The monoisotopic (exact) mass is 580 g/mol. The van der Waals surface area contributed by atoms with Crippen molar-refractivity contribution in [3.63, 3.8) is 0 Å². The Kier molecular flexibility index (Phi) is 7.76. The smallest absolute Gasteiger partial charge is 0.171 e. The zero-order valence-corrected chi connectivity index (χ0v) is 25.7. The van der Waals surface area contributed by atoms with Gasteiger partial charge in [-0.1, -0.05) is 71.9 Å². The Balaban J connectivity index is 1.72. The van der Waals surface area contributed by atoms with E-state index in [4.69, 9.17) is 0 Å². The summed E-state index contributed by atoms with van der Waals surface area (Å²) in [7, 11) is -3.59. The number of hydrogen-bond donors (Lipinski definition) is 0. The lowest BCUT2D eigenvalue weighted by atomic mass is 9.87. The van der Waals surface area contributed by atoms with Gasteiger partial charge in [0.2, 0.25) is 0 Å². The molecule has 0 spiro atoms. The van der Waals surface area contributed by atoms with Crippen molar-refractivity contribution in [3.8, 4) is 22.5 Å². The molecule has 5 rings (SSSR count). The molecule has 3 aromatic carbocycles. The SMILES string of the molecule is CC(C)(C)c1ccnc(-c2cc(P(=O)(c3ccccc3)c3ccc(F)c(-c4cc(C(C)(C)C)ccn4)c3)ccc2F)c1. The lowest BCUT2D eigenvalue weighted by Crippen LogP contribution is -2.26. The van der Waals surface area contributed by atoms with Crippen LogP contribution in [0.1, 0.15) is 52.7 Å². The van der Waals surface area contributed by atoms with Gasteiger partial charge in [-0.05, 0) is 82.6 Å². The van der Waals surface area contributed by atoms with Crippen molar-refractivity contribution in [2.75, 3.05) is 0 Å². The van der Waals surface area contributed by atoms with Crippen LogP contribution in [0.3, 0.4) is 0 Å². The highest BCUT2D eigenvalue weighted by atomic mass is 31.2. The lowest BCUT2D eigenvalue weighted by Gasteiger charge is -2.23. The van der Waals surface area contributed by atoms with Crippen molar-refractivity contribution in [2.45, 2.75) is 52.4 Å². The van der Waals surface area contributed by atoms with Crippen LogP contribution < -0.4 is 15.9 Å². The van der Waals surface area contributed by atoms with Crippen LogP contribution in [-0.4, -0.2) is 9.97 Å².